The lowest BCUT2D eigenvalue weighted by Crippen LogP contribution is -2.30. The van der Waals surface area contributed by atoms with Gasteiger partial charge in [0.25, 0.3) is 11.6 Å². The molecule has 2 rings (SSSR count). The van der Waals surface area contributed by atoms with Crippen molar-refractivity contribution >= 4 is 23.3 Å². The predicted octanol–water partition coefficient (Wildman–Crippen LogP) is 3.72. The minimum Gasteiger partial charge on any atom is -0.493 e. The molecule has 0 saturated carbocycles. The highest BCUT2D eigenvalue weighted by Gasteiger charge is 2.28. The zero-order chi connectivity index (χ0) is 22.6. The van der Waals surface area contributed by atoms with E-state index in [9.17, 15) is 19.7 Å². The molecule has 0 fully saturated rings. The number of nitrogens with one attached hydrogen (secondary N) is 1. The second kappa shape index (κ2) is 9.25. The van der Waals surface area contributed by atoms with Crippen LogP contribution >= 0.6 is 0 Å². The van der Waals surface area contributed by atoms with Gasteiger partial charge in [-0.25, -0.2) is 4.79 Å². The van der Waals surface area contributed by atoms with Crippen LogP contribution in [0.3, 0.4) is 0 Å². The maximum atomic E-state index is 12.6. The van der Waals surface area contributed by atoms with Crippen molar-refractivity contribution in [1.29, 1.82) is 0 Å². The number of rotatable bonds is 7. The van der Waals surface area contributed by atoms with Gasteiger partial charge in [0.05, 0.1) is 25.2 Å². The maximum Gasteiger partial charge on any atom is 0.346 e. The number of aryl methyl sites for hydroxylation is 3. The summed E-state index contributed by atoms with van der Waals surface area (Å²) in [5.41, 5.74) is 2.56. The number of carbonyl (C=O) groups excluding carboxylic acids is 2. The van der Waals surface area contributed by atoms with Gasteiger partial charge in [-0.1, -0.05) is 17.7 Å². The molecule has 0 aromatic heterocycles. The third-order valence-corrected chi connectivity index (χ3v) is 4.50. The lowest BCUT2D eigenvalue weighted by atomic mass is 10.0. The maximum absolute atomic E-state index is 12.6. The topological polar surface area (TPSA) is 117 Å². The molecule has 2 aromatic rings. The molecular weight excluding hydrogens is 392 g/mol. The number of anilines is 1. The van der Waals surface area contributed by atoms with Crippen molar-refractivity contribution in [1.82, 2.24) is 0 Å². The van der Waals surface area contributed by atoms with Gasteiger partial charge in [0.15, 0.2) is 17.6 Å². The average Bonchev–Trinajstić information content (AvgIpc) is 2.68. The smallest absolute Gasteiger partial charge is 0.346 e. The Morgan fingerprint density at radius 3 is 2.03 bits per heavy atom. The highest BCUT2D eigenvalue weighted by atomic mass is 16.6. The number of nitrogens with zero attached hydrogens (tertiary/aromatic N) is 1. The molecule has 2 aromatic carbocycles. The van der Waals surface area contributed by atoms with Crippen LogP contribution in [0.2, 0.25) is 0 Å². The van der Waals surface area contributed by atoms with Crippen molar-refractivity contribution in [2.75, 3.05) is 19.5 Å². The molecule has 0 heterocycles. The summed E-state index contributed by atoms with van der Waals surface area (Å²) in [6.45, 7) is 7.06. The number of nitro benzene ring substituents is 1. The fourth-order valence-electron chi connectivity index (χ4n) is 3.06. The van der Waals surface area contributed by atoms with E-state index in [1.807, 2.05) is 32.9 Å². The van der Waals surface area contributed by atoms with Crippen molar-refractivity contribution < 1.29 is 28.7 Å². The molecule has 0 aliphatic heterocycles. The molecule has 9 heteroatoms. The fraction of sp³-hybridized carbons (Fsp3) is 0.333. The van der Waals surface area contributed by atoms with E-state index in [1.54, 1.807) is 0 Å². The van der Waals surface area contributed by atoms with Gasteiger partial charge in [-0.3, -0.25) is 14.9 Å². The molecule has 0 aliphatic carbocycles. The molecule has 0 aliphatic rings. The number of methoxy groups -OCH3 is 2. The van der Waals surface area contributed by atoms with Crippen molar-refractivity contribution in [3.05, 3.63) is 56.6 Å². The van der Waals surface area contributed by atoms with E-state index in [0.717, 1.165) is 28.8 Å². The zero-order valence-electron chi connectivity index (χ0n) is 17.7. The number of nitro groups is 1. The van der Waals surface area contributed by atoms with Crippen molar-refractivity contribution in [3.63, 3.8) is 0 Å². The zero-order valence-corrected chi connectivity index (χ0v) is 17.7. The number of ether oxygens (including phenoxy) is 3. The summed E-state index contributed by atoms with van der Waals surface area (Å²) in [6.07, 6.45) is -1.19. The van der Waals surface area contributed by atoms with Crippen LogP contribution in [0.4, 0.5) is 11.4 Å². The molecule has 1 atom stereocenters. The Hall–Kier alpha value is -3.62. The number of amides is 1. The van der Waals surface area contributed by atoms with Crippen molar-refractivity contribution in [2.24, 2.45) is 0 Å². The summed E-state index contributed by atoms with van der Waals surface area (Å²) < 4.78 is 15.3. The second-order valence-electron chi connectivity index (χ2n) is 6.79. The van der Waals surface area contributed by atoms with Crippen LogP contribution in [0.25, 0.3) is 0 Å². The van der Waals surface area contributed by atoms with E-state index in [1.165, 1.54) is 21.1 Å². The van der Waals surface area contributed by atoms with Crippen molar-refractivity contribution in [3.8, 4) is 11.5 Å². The Bertz CT molecular complexity index is 978. The summed E-state index contributed by atoms with van der Waals surface area (Å²) in [5.74, 6) is -1.36. The van der Waals surface area contributed by atoms with Crippen LogP contribution in [0.5, 0.6) is 11.5 Å². The number of carbonyl (C=O) groups is 2. The second-order valence-corrected chi connectivity index (χ2v) is 6.79. The van der Waals surface area contributed by atoms with Crippen LogP contribution in [-0.2, 0) is 9.53 Å². The van der Waals surface area contributed by atoms with Gasteiger partial charge in [-0.15, -0.1) is 0 Å². The molecule has 1 amide bonds. The minimum absolute atomic E-state index is 0.0943. The molecule has 0 spiro atoms. The van der Waals surface area contributed by atoms with E-state index in [0.29, 0.717) is 5.69 Å². The van der Waals surface area contributed by atoms with Gasteiger partial charge in [0, 0.05) is 11.8 Å². The van der Waals surface area contributed by atoms with E-state index in [4.69, 9.17) is 14.2 Å². The largest absolute Gasteiger partial charge is 0.493 e. The van der Waals surface area contributed by atoms with Crippen LogP contribution in [0.1, 0.15) is 34.0 Å². The number of esters is 1. The predicted molar refractivity (Wildman–Crippen MR) is 110 cm³/mol. The summed E-state index contributed by atoms with van der Waals surface area (Å²) in [5, 5.41) is 14.1. The molecule has 1 N–H and O–H groups in total. The quantitative estimate of drug-likeness (QED) is 0.415. The van der Waals surface area contributed by atoms with Crippen LogP contribution in [0.15, 0.2) is 24.3 Å². The molecule has 0 unspecified atom stereocenters. The van der Waals surface area contributed by atoms with Gasteiger partial charge >= 0.3 is 5.97 Å². The number of benzene rings is 2. The summed E-state index contributed by atoms with van der Waals surface area (Å²) in [7, 11) is 2.65. The molecule has 0 bridgehead atoms. The van der Waals surface area contributed by atoms with E-state index >= 15 is 0 Å². The molecule has 0 saturated heterocycles. The van der Waals surface area contributed by atoms with Crippen molar-refractivity contribution in [2.45, 2.75) is 33.8 Å². The first-order valence-corrected chi connectivity index (χ1v) is 9.09. The van der Waals surface area contributed by atoms with Gasteiger partial charge in [-0.2, -0.15) is 0 Å². The lowest BCUT2D eigenvalue weighted by Gasteiger charge is -2.17. The Balaban J connectivity index is 2.25. The molecule has 9 nitrogen and oxygen atoms in total. The Kier molecular flexibility index (Phi) is 6.99. The van der Waals surface area contributed by atoms with Gasteiger partial charge in [0.1, 0.15) is 5.56 Å². The monoisotopic (exact) mass is 416 g/mol. The number of hydrogen-bond donors (Lipinski definition) is 1. The Morgan fingerprint density at radius 1 is 1.00 bits per heavy atom. The minimum atomic E-state index is -1.19. The van der Waals surface area contributed by atoms with Gasteiger partial charge < -0.3 is 19.5 Å². The summed E-state index contributed by atoms with van der Waals surface area (Å²) in [4.78, 5) is 35.8. The standard InChI is InChI=1S/C21H24N2O7/c1-11-7-12(2)19(13(3)8-11)22-20(24)14(4)30-21(25)15-9-17(28-5)18(29-6)10-16(15)23(26)27/h7-10,14H,1-6H3,(H,22,24)/t14-/m0/s1. The molecule has 0 radical (unpaired) electrons. The van der Waals surface area contributed by atoms with E-state index in [-0.39, 0.29) is 17.1 Å². The summed E-state index contributed by atoms with van der Waals surface area (Å²) in [6, 6.07) is 6.07. The first-order chi connectivity index (χ1) is 14.1. The van der Waals surface area contributed by atoms with Crippen LogP contribution in [-0.4, -0.2) is 37.1 Å². The third-order valence-electron chi connectivity index (χ3n) is 4.50. The van der Waals surface area contributed by atoms with E-state index < -0.39 is 28.6 Å². The molecule has 160 valence electrons. The van der Waals surface area contributed by atoms with Crippen LogP contribution in [0, 0.1) is 30.9 Å². The summed E-state index contributed by atoms with van der Waals surface area (Å²) >= 11 is 0. The first-order valence-electron chi connectivity index (χ1n) is 9.09. The number of hydrogen-bond acceptors (Lipinski definition) is 7. The van der Waals surface area contributed by atoms with Crippen LogP contribution < -0.4 is 14.8 Å². The van der Waals surface area contributed by atoms with Gasteiger partial charge in [0.2, 0.25) is 0 Å². The Morgan fingerprint density at radius 2 is 1.53 bits per heavy atom. The lowest BCUT2D eigenvalue weighted by molar-refractivity contribution is -0.385. The first kappa shape index (κ1) is 22.7. The Labute approximate surface area is 174 Å². The average molecular weight is 416 g/mol. The fourth-order valence-corrected chi connectivity index (χ4v) is 3.06. The normalized spacial score (nSPS) is 11.4. The highest BCUT2D eigenvalue weighted by molar-refractivity contribution is 6.00. The SMILES string of the molecule is COc1cc(C(=O)O[C@@H](C)C(=O)Nc2c(C)cc(C)cc2C)c([N+](=O)[O-])cc1OC. The highest BCUT2D eigenvalue weighted by Crippen LogP contribution is 2.35. The third kappa shape index (κ3) is 4.86. The van der Waals surface area contributed by atoms with Gasteiger partial charge in [-0.05, 0) is 38.8 Å². The van der Waals surface area contributed by atoms with E-state index in [2.05, 4.69) is 5.32 Å². The molecular formula is C21H24N2O7. The molecule has 30 heavy (non-hydrogen) atoms.